The van der Waals surface area contributed by atoms with Gasteiger partial charge in [0.2, 0.25) is 11.8 Å². The van der Waals surface area contributed by atoms with Crippen LogP contribution in [0.3, 0.4) is 0 Å². The standard InChI is InChI=1S/C45H56N8O7.Pd/c1-8-29-23(2)32-20-37-41(27(6)55)25(4)34(51-37)18-33-24(3)30(12-13-39(57)49-21-28(56)22-54)43(52-33)31(17-40(58)60-7)44-42(26(5)35(53-44)19-36(29)50-32)45(59)48-16-15-47-38-11-9-10-14-46-38;/h9-11,14,18-20,23-24,28-30,54,56H,8,12-13,15-17,21-22H2,1-7H3,(H5,46,47,48,49,50,51,52,53,55,57,59);/q;+2/p-2/t23-,24+,28?,29-,30+;/m1./s1. The maximum atomic E-state index is 14.4. The molecule has 2 amide bonds. The van der Waals surface area contributed by atoms with E-state index < -0.39 is 30.5 Å². The van der Waals surface area contributed by atoms with Crippen LogP contribution in [0.15, 0.2) is 42.6 Å². The predicted molar refractivity (Wildman–Crippen MR) is 227 cm³/mol. The molecule has 0 aromatic carbocycles. The first-order chi connectivity index (χ1) is 28.8. The Balaban J connectivity index is 0.00000704. The summed E-state index contributed by atoms with van der Waals surface area (Å²) >= 11 is 0. The largest absolute Gasteiger partial charge is 2.00 e. The van der Waals surface area contributed by atoms with Crippen LogP contribution in [0.1, 0.15) is 131 Å². The summed E-state index contributed by atoms with van der Waals surface area (Å²) < 4.78 is 5.22. The van der Waals surface area contributed by atoms with Gasteiger partial charge in [-0.3, -0.25) is 29.1 Å². The summed E-state index contributed by atoms with van der Waals surface area (Å²) in [6.45, 7) is 11.4. The fraction of sp³-hybridized carbons (Fsp3) is 0.444. The first-order valence-corrected chi connectivity index (χ1v) is 20.5. The van der Waals surface area contributed by atoms with Gasteiger partial charge in [-0.25, -0.2) is 4.98 Å². The third-order valence-corrected chi connectivity index (χ3v) is 11.7. The number of hydrogen-bond acceptors (Lipinski definition) is 11. The van der Waals surface area contributed by atoms with E-state index in [0.717, 1.165) is 17.8 Å². The second-order valence-electron chi connectivity index (χ2n) is 15.6. The second-order valence-corrected chi connectivity index (χ2v) is 15.6. The molecule has 2 aliphatic rings. The number of rotatable bonds is 15. The summed E-state index contributed by atoms with van der Waals surface area (Å²) in [7, 11) is 1.29. The number of methoxy groups -OCH3 is 1. The summed E-state index contributed by atoms with van der Waals surface area (Å²) in [5.74, 6) is -1.53. The number of aryl methyl sites for hydroxylation is 2. The maximum absolute atomic E-state index is 14.4. The van der Waals surface area contributed by atoms with Crippen molar-refractivity contribution in [1.82, 2.24) is 35.6 Å². The van der Waals surface area contributed by atoms with Crippen molar-refractivity contribution in [2.45, 2.75) is 97.0 Å². The molecule has 0 radical (unpaired) electrons. The van der Waals surface area contributed by atoms with Crippen LogP contribution in [-0.4, -0.2) is 88.2 Å². The predicted octanol–water partition coefficient (Wildman–Crippen LogP) is 4.78. The van der Waals surface area contributed by atoms with E-state index in [4.69, 9.17) is 24.7 Å². The van der Waals surface area contributed by atoms with Crippen molar-refractivity contribution in [3.05, 3.63) is 93.2 Å². The van der Waals surface area contributed by atoms with Crippen molar-refractivity contribution in [2.75, 3.05) is 38.7 Å². The van der Waals surface area contributed by atoms with Gasteiger partial charge in [0, 0.05) is 89.8 Å². The van der Waals surface area contributed by atoms with E-state index in [2.05, 4.69) is 34.8 Å². The van der Waals surface area contributed by atoms with Crippen LogP contribution in [0.4, 0.5) is 5.82 Å². The number of aliphatic hydroxyl groups excluding tert-OH is 2. The third kappa shape index (κ3) is 10.3. The van der Waals surface area contributed by atoms with E-state index in [1.807, 2.05) is 57.2 Å². The first kappa shape index (κ1) is 46.8. The molecule has 6 heterocycles. The monoisotopic (exact) mass is 924 g/mol. The number of anilines is 1. The number of carbonyl (C=O) groups excluding carboxylic acids is 4. The summed E-state index contributed by atoms with van der Waals surface area (Å²) in [5.41, 5.74) is 6.96. The van der Waals surface area contributed by atoms with Crippen molar-refractivity contribution in [3.8, 4) is 0 Å². The number of ether oxygens (including phenoxy) is 1. The van der Waals surface area contributed by atoms with Gasteiger partial charge in [0.15, 0.2) is 5.78 Å². The number of amides is 2. The van der Waals surface area contributed by atoms with E-state index in [1.54, 1.807) is 6.20 Å². The number of nitrogens with zero attached hydrogens (tertiary/aromatic N) is 5. The smallest absolute Gasteiger partial charge is 0.657 e. The zero-order chi connectivity index (χ0) is 43.2. The van der Waals surface area contributed by atoms with Gasteiger partial charge in [0.05, 0.1) is 26.2 Å². The van der Waals surface area contributed by atoms with Gasteiger partial charge in [-0.05, 0) is 51.3 Å². The van der Waals surface area contributed by atoms with E-state index in [-0.39, 0.29) is 93.3 Å². The minimum atomic E-state index is -1.10. The van der Waals surface area contributed by atoms with Gasteiger partial charge in [0.1, 0.15) is 5.82 Å². The van der Waals surface area contributed by atoms with Crippen LogP contribution in [0, 0.1) is 13.8 Å². The molecule has 6 rings (SSSR count). The number of fused-ring (bicyclic) bond motifs is 8. The van der Waals surface area contributed by atoms with Gasteiger partial charge >= 0.3 is 26.4 Å². The molecule has 16 heteroatoms. The molecule has 2 aliphatic heterocycles. The Morgan fingerprint density at radius 2 is 1.56 bits per heavy atom. The third-order valence-electron chi connectivity index (χ3n) is 11.7. The number of ketones is 1. The number of pyridine rings is 1. The zero-order valence-electron chi connectivity index (χ0n) is 35.6. The topological polar surface area (TPSA) is 221 Å². The summed E-state index contributed by atoms with van der Waals surface area (Å²) in [6, 6.07) is 11.2. The van der Waals surface area contributed by atoms with Crippen molar-refractivity contribution in [3.63, 3.8) is 0 Å². The van der Waals surface area contributed by atoms with Crippen molar-refractivity contribution >= 4 is 51.5 Å². The first-order valence-electron chi connectivity index (χ1n) is 20.5. The number of aliphatic hydroxyl groups is 2. The minimum absolute atomic E-state index is 0. The Kier molecular flexibility index (Phi) is 15.7. The normalized spacial score (nSPS) is 17.5. The Morgan fingerprint density at radius 3 is 2.23 bits per heavy atom. The minimum Gasteiger partial charge on any atom is -0.657 e. The molecule has 5 atom stereocenters. The van der Waals surface area contributed by atoms with E-state index in [9.17, 15) is 29.4 Å². The van der Waals surface area contributed by atoms with E-state index in [1.165, 1.54) is 14.0 Å². The SMILES string of the molecule is CC[C@H]1c2cc3[n-]c(c(CC(=O)OC)c4nc(cc5[n-]c(cc(n2)[C@@H]1C)c(C(C)=O)c5C)[C@@H](C)[C@@H]4CCC(=O)NCC(O)CO)c(C(=O)NCCNc1ccccn1)c3C.[Pd+2]. The number of aromatic nitrogens is 5. The Labute approximate surface area is 369 Å². The molecule has 0 saturated carbocycles. The van der Waals surface area contributed by atoms with Crippen LogP contribution in [-0.2, 0) is 41.2 Å². The fourth-order valence-electron chi connectivity index (χ4n) is 8.28. The maximum Gasteiger partial charge on any atom is 2.00 e. The quantitative estimate of drug-likeness (QED) is 0.0470. The Bertz CT molecular complexity index is 2430. The average Bonchev–Trinajstić information content (AvgIpc) is 3.92. The van der Waals surface area contributed by atoms with Gasteiger partial charge in [-0.1, -0.05) is 56.2 Å². The molecule has 8 bridgehead atoms. The molecule has 5 N–H and O–H groups in total. The number of Topliss-reactive ketones (excluding diaryl/α,β-unsaturated/α-hetero) is 1. The molecule has 326 valence electrons. The molecule has 0 fully saturated rings. The van der Waals surface area contributed by atoms with Gasteiger partial charge < -0.3 is 40.9 Å². The Morgan fingerprint density at radius 1 is 0.885 bits per heavy atom. The van der Waals surface area contributed by atoms with Crippen LogP contribution in [0.5, 0.6) is 0 Å². The molecule has 15 nitrogen and oxygen atoms in total. The number of esters is 1. The molecule has 0 aliphatic carbocycles. The molecule has 0 spiro atoms. The zero-order valence-corrected chi connectivity index (χ0v) is 37.1. The van der Waals surface area contributed by atoms with Gasteiger partial charge in [0.25, 0.3) is 0 Å². The van der Waals surface area contributed by atoms with Crippen LogP contribution in [0.2, 0.25) is 0 Å². The van der Waals surface area contributed by atoms with Crippen molar-refractivity contribution < 1.29 is 54.6 Å². The molecular weight excluding hydrogens is 871 g/mol. The van der Waals surface area contributed by atoms with Gasteiger partial charge in [-0.2, -0.15) is 0 Å². The summed E-state index contributed by atoms with van der Waals surface area (Å²) in [4.78, 5) is 78.7. The average molecular weight is 925 g/mol. The number of nitrogens with one attached hydrogen (secondary N) is 3. The summed E-state index contributed by atoms with van der Waals surface area (Å²) in [5, 5.41) is 28.0. The second kappa shape index (κ2) is 20.5. The molecule has 61 heavy (non-hydrogen) atoms. The number of hydrogen-bond donors (Lipinski definition) is 5. The van der Waals surface area contributed by atoms with Crippen LogP contribution >= 0.6 is 0 Å². The molecule has 4 aromatic heterocycles. The molecular formula is C45H54N8O7Pd. The summed E-state index contributed by atoms with van der Waals surface area (Å²) in [6.07, 6.45) is 1.38. The number of carbonyl (C=O) groups is 4. The van der Waals surface area contributed by atoms with Crippen molar-refractivity contribution in [2.24, 2.45) is 0 Å². The van der Waals surface area contributed by atoms with E-state index in [0.29, 0.717) is 62.6 Å². The molecule has 0 saturated heterocycles. The van der Waals surface area contributed by atoms with Crippen molar-refractivity contribution in [1.29, 1.82) is 0 Å². The Hall–Kier alpha value is -5.27. The van der Waals surface area contributed by atoms with Gasteiger partial charge in [-0.15, -0.1) is 22.1 Å². The fourth-order valence-corrected chi connectivity index (χ4v) is 8.28. The molecule has 4 aromatic rings. The van der Waals surface area contributed by atoms with Crippen LogP contribution in [0.25, 0.3) is 22.1 Å². The van der Waals surface area contributed by atoms with Crippen LogP contribution < -0.4 is 25.9 Å². The molecule has 1 unspecified atom stereocenters. The van der Waals surface area contributed by atoms with E-state index >= 15 is 0 Å².